The van der Waals surface area contributed by atoms with Crippen LogP contribution >= 0.6 is 0 Å². The van der Waals surface area contributed by atoms with Gasteiger partial charge in [0.1, 0.15) is 23.1 Å². The number of hydrogen-bond acceptors (Lipinski definition) is 8. The molecular formula is C38H48F2N4O7. The van der Waals surface area contributed by atoms with Gasteiger partial charge in [0, 0.05) is 76.5 Å². The molecule has 5 rings (SSSR count). The molecule has 1 aromatic heterocycles. The van der Waals surface area contributed by atoms with Crippen LogP contribution in [0.15, 0.2) is 54.7 Å². The summed E-state index contributed by atoms with van der Waals surface area (Å²) < 4.78 is 48.3. The molecule has 13 heteroatoms. The molecule has 11 nitrogen and oxygen atoms in total. The molecule has 2 aromatic carbocycles. The summed E-state index contributed by atoms with van der Waals surface area (Å²) in [5.74, 6) is -2.89. The number of aliphatic hydroxyl groups excluding tert-OH is 1. The van der Waals surface area contributed by atoms with E-state index in [0.717, 1.165) is 23.8 Å². The monoisotopic (exact) mass is 710 g/mol. The fourth-order valence-electron chi connectivity index (χ4n) is 6.99. The number of carbonyl (C=O) groups excluding carboxylic acids is 3. The minimum Gasteiger partial charge on any atom is -0.453 e. The lowest BCUT2D eigenvalue weighted by Crippen LogP contribution is -2.49. The highest BCUT2D eigenvalue weighted by Gasteiger charge is 2.44. The summed E-state index contributed by atoms with van der Waals surface area (Å²) in [4.78, 5) is 47.9. The van der Waals surface area contributed by atoms with E-state index in [4.69, 9.17) is 19.2 Å². The average molecular weight is 711 g/mol. The van der Waals surface area contributed by atoms with Crippen molar-refractivity contribution in [2.75, 3.05) is 39.5 Å². The summed E-state index contributed by atoms with van der Waals surface area (Å²) in [7, 11) is 0. The zero-order valence-corrected chi connectivity index (χ0v) is 29.9. The Morgan fingerprint density at radius 2 is 1.75 bits per heavy atom. The number of carbonyl (C=O) groups is 3. The molecular weight excluding hydrogens is 662 g/mol. The van der Waals surface area contributed by atoms with Crippen LogP contribution < -0.4 is 0 Å². The van der Waals surface area contributed by atoms with E-state index in [1.54, 1.807) is 36.8 Å². The van der Waals surface area contributed by atoms with Gasteiger partial charge < -0.3 is 33.7 Å². The van der Waals surface area contributed by atoms with E-state index in [1.807, 2.05) is 34.9 Å². The molecule has 0 bridgehead atoms. The zero-order valence-electron chi connectivity index (χ0n) is 29.9. The van der Waals surface area contributed by atoms with Crippen LogP contribution in [-0.2, 0) is 30.3 Å². The van der Waals surface area contributed by atoms with Crippen molar-refractivity contribution in [1.82, 2.24) is 19.4 Å². The Kier molecular flexibility index (Phi) is 12.1. The molecule has 51 heavy (non-hydrogen) atoms. The number of esters is 1. The van der Waals surface area contributed by atoms with Crippen molar-refractivity contribution < 1.29 is 42.5 Å². The first kappa shape index (κ1) is 37.9. The lowest BCUT2D eigenvalue weighted by atomic mass is 9.87. The Morgan fingerprint density at radius 3 is 2.39 bits per heavy atom. The van der Waals surface area contributed by atoms with Gasteiger partial charge in [-0.25, -0.2) is 18.6 Å². The summed E-state index contributed by atoms with van der Waals surface area (Å²) in [6.45, 7) is 9.53. The Labute approximate surface area is 297 Å². The Morgan fingerprint density at radius 1 is 1.06 bits per heavy atom. The van der Waals surface area contributed by atoms with E-state index in [2.05, 4.69) is 0 Å². The van der Waals surface area contributed by atoms with Gasteiger partial charge in [0.25, 0.3) is 5.91 Å². The molecule has 0 saturated carbocycles. The average Bonchev–Trinajstić information content (AvgIpc) is 3.69. The number of likely N-dealkylation sites (tertiary alicyclic amines) is 1. The first-order chi connectivity index (χ1) is 24.2. The van der Waals surface area contributed by atoms with Crippen molar-refractivity contribution in [2.24, 2.45) is 17.8 Å². The van der Waals surface area contributed by atoms with Crippen LogP contribution in [0, 0.1) is 29.4 Å². The highest BCUT2D eigenvalue weighted by atomic mass is 19.1. The second-order valence-corrected chi connectivity index (χ2v) is 14.4. The fourth-order valence-corrected chi connectivity index (χ4v) is 6.99. The zero-order chi connectivity index (χ0) is 36.9. The van der Waals surface area contributed by atoms with Crippen molar-refractivity contribution in [3.8, 4) is 11.3 Å². The third kappa shape index (κ3) is 9.50. The maximum absolute atomic E-state index is 15.2. The van der Waals surface area contributed by atoms with Gasteiger partial charge in [-0.2, -0.15) is 0 Å². The SMILES string of the molecule is CC(=O)O[C@@H](C)C(=O)N(C[C@@H]1CN(C(=O)OC(C)(C)C)C[C@H]1CO)[C@@H](c1nc(-c2cc(F)ccc2F)cn1Cc1ccccc1)C1CCOCC1. The van der Waals surface area contributed by atoms with Crippen LogP contribution in [0.1, 0.15) is 64.9 Å². The summed E-state index contributed by atoms with van der Waals surface area (Å²) in [6.07, 6.45) is 1.11. The molecule has 2 amide bonds. The van der Waals surface area contributed by atoms with Gasteiger partial charge in [-0.1, -0.05) is 30.3 Å². The molecule has 276 valence electrons. The first-order valence-corrected chi connectivity index (χ1v) is 17.4. The smallest absolute Gasteiger partial charge is 0.410 e. The van der Waals surface area contributed by atoms with Crippen LogP contribution in [0.4, 0.5) is 13.6 Å². The van der Waals surface area contributed by atoms with Gasteiger partial charge in [-0.15, -0.1) is 0 Å². The third-order valence-electron chi connectivity index (χ3n) is 9.39. The molecule has 2 aliphatic heterocycles. The number of aromatic nitrogens is 2. The maximum Gasteiger partial charge on any atom is 0.410 e. The summed E-state index contributed by atoms with van der Waals surface area (Å²) in [5, 5.41) is 10.5. The third-order valence-corrected chi connectivity index (χ3v) is 9.39. The fraction of sp³-hybridized carbons (Fsp3) is 0.526. The van der Waals surface area contributed by atoms with Crippen molar-refractivity contribution in [1.29, 1.82) is 0 Å². The molecule has 0 radical (unpaired) electrons. The number of halogens is 2. The van der Waals surface area contributed by atoms with E-state index in [-0.39, 0.29) is 55.3 Å². The summed E-state index contributed by atoms with van der Waals surface area (Å²) in [5.41, 5.74) is 0.363. The molecule has 4 atom stereocenters. The minimum atomic E-state index is -1.17. The van der Waals surface area contributed by atoms with Crippen molar-refractivity contribution in [2.45, 2.75) is 71.8 Å². The first-order valence-electron chi connectivity index (χ1n) is 17.4. The predicted molar refractivity (Wildman–Crippen MR) is 184 cm³/mol. The Balaban J connectivity index is 1.64. The number of ether oxygens (including phenoxy) is 3. The molecule has 0 unspecified atom stereocenters. The van der Waals surface area contributed by atoms with Gasteiger partial charge in [0.15, 0.2) is 6.10 Å². The number of benzene rings is 2. The predicted octanol–water partition coefficient (Wildman–Crippen LogP) is 5.60. The van der Waals surface area contributed by atoms with Gasteiger partial charge in [0.05, 0.1) is 11.7 Å². The molecule has 0 aliphatic carbocycles. The molecule has 1 N–H and O–H groups in total. The summed E-state index contributed by atoms with van der Waals surface area (Å²) in [6, 6.07) is 12.0. The standard InChI is InChI=1S/C38H48F2N4O7/c1-24(50-25(2)46)36(47)44(21-28-19-43(20-29(28)23-45)37(48)51-38(3,4)5)34(27-13-15-49-16-14-27)35-41-33(31-17-30(39)11-12-32(31)40)22-42(35)18-26-9-7-6-8-10-26/h6-12,17,22,24,27-29,34,45H,13-16,18-21,23H2,1-5H3/t24-,28-,29-,34+/m0/s1. The number of imidazole rings is 1. The van der Waals surface area contributed by atoms with E-state index >= 15 is 4.39 Å². The number of aliphatic hydroxyl groups is 1. The van der Waals surface area contributed by atoms with Crippen LogP contribution in [0.3, 0.4) is 0 Å². The van der Waals surface area contributed by atoms with Crippen molar-refractivity contribution in [3.05, 3.63) is 77.8 Å². The highest BCUT2D eigenvalue weighted by molar-refractivity contribution is 5.83. The molecule has 0 spiro atoms. The van der Waals surface area contributed by atoms with Crippen LogP contribution in [0.5, 0.6) is 0 Å². The van der Waals surface area contributed by atoms with Crippen LogP contribution in [-0.4, -0.2) is 93.6 Å². The van der Waals surface area contributed by atoms with Gasteiger partial charge >= 0.3 is 12.1 Å². The molecule has 3 aromatic rings. The van der Waals surface area contributed by atoms with Crippen LogP contribution in [0.2, 0.25) is 0 Å². The summed E-state index contributed by atoms with van der Waals surface area (Å²) >= 11 is 0. The highest BCUT2D eigenvalue weighted by Crippen LogP contribution is 2.39. The molecule has 3 heterocycles. The lowest BCUT2D eigenvalue weighted by molar-refractivity contribution is -0.160. The number of amides is 2. The van der Waals surface area contributed by atoms with E-state index in [1.165, 1.54) is 13.8 Å². The molecule has 2 aliphatic rings. The van der Waals surface area contributed by atoms with E-state index in [9.17, 15) is 23.9 Å². The largest absolute Gasteiger partial charge is 0.453 e. The second-order valence-electron chi connectivity index (χ2n) is 14.4. The van der Waals surface area contributed by atoms with Crippen molar-refractivity contribution in [3.63, 3.8) is 0 Å². The van der Waals surface area contributed by atoms with E-state index in [0.29, 0.717) is 38.4 Å². The van der Waals surface area contributed by atoms with Crippen LogP contribution in [0.25, 0.3) is 11.3 Å². The minimum absolute atomic E-state index is 0.0240. The normalized spacial score (nSPS) is 19.4. The molecule has 2 saturated heterocycles. The number of hydrogen-bond donors (Lipinski definition) is 1. The second kappa shape index (κ2) is 16.3. The Hall–Kier alpha value is -4.36. The van der Waals surface area contributed by atoms with Gasteiger partial charge in [0.2, 0.25) is 0 Å². The number of rotatable bonds is 11. The number of nitrogens with zero attached hydrogens (tertiary/aromatic N) is 4. The van der Waals surface area contributed by atoms with Crippen molar-refractivity contribution >= 4 is 18.0 Å². The van der Waals surface area contributed by atoms with E-state index < -0.39 is 47.4 Å². The topological polar surface area (TPSA) is 123 Å². The quantitative estimate of drug-likeness (QED) is 0.255. The van der Waals surface area contributed by atoms with Gasteiger partial charge in [-0.05, 0) is 70.2 Å². The van der Waals surface area contributed by atoms with Gasteiger partial charge in [-0.3, -0.25) is 9.59 Å². The molecule has 2 fully saturated rings. The maximum atomic E-state index is 15.2. The Bertz CT molecular complexity index is 1670. The lowest BCUT2D eigenvalue weighted by Gasteiger charge is -2.41.